The summed E-state index contributed by atoms with van der Waals surface area (Å²) in [4.78, 5) is 16.0. The maximum Gasteiger partial charge on any atom is 0.164 e. The normalized spacial score (nSPS) is 13.7. The number of hydrogen-bond donors (Lipinski definition) is 0. The molecular formula is C60H39N3O. The molecule has 64 heavy (non-hydrogen) atoms. The first-order chi connectivity index (χ1) is 31.7. The number of para-hydroxylation sites is 1. The minimum absolute atomic E-state index is 0.0157. The van der Waals surface area contributed by atoms with Gasteiger partial charge in [0.1, 0.15) is 11.2 Å². The molecule has 10 aromatic carbocycles. The van der Waals surface area contributed by atoms with Gasteiger partial charge in [0.05, 0.1) is 0 Å². The molecule has 0 aliphatic heterocycles. The van der Waals surface area contributed by atoms with Gasteiger partial charge in [-0.1, -0.05) is 170 Å². The number of aryl methyl sites for hydroxylation is 1. The molecular weight excluding hydrogens is 779 g/mol. The van der Waals surface area contributed by atoms with E-state index in [9.17, 15) is 0 Å². The molecule has 1 unspecified atom stereocenters. The first kappa shape index (κ1) is 36.4. The molecule has 0 bridgehead atoms. The van der Waals surface area contributed by atoms with E-state index in [-0.39, 0.29) is 5.92 Å². The predicted molar refractivity (Wildman–Crippen MR) is 263 cm³/mol. The molecule has 0 N–H and O–H groups in total. The summed E-state index contributed by atoms with van der Waals surface area (Å²) in [5.74, 6) is 1.89. The number of furan rings is 1. The number of benzene rings is 10. The molecule has 1 aliphatic rings. The van der Waals surface area contributed by atoms with E-state index in [4.69, 9.17) is 19.4 Å². The van der Waals surface area contributed by atoms with Crippen LogP contribution in [0.1, 0.15) is 29.0 Å². The van der Waals surface area contributed by atoms with Crippen LogP contribution in [0.5, 0.6) is 0 Å². The fraction of sp³-hybridized carbons (Fsp3) is 0.0500. The minimum atomic E-state index is 0.0157. The molecule has 12 aromatic rings. The quantitative estimate of drug-likeness (QED) is 0.174. The third kappa shape index (κ3) is 6.10. The van der Waals surface area contributed by atoms with E-state index in [1.54, 1.807) is 0 Å². The average Bonchev–Trinajstić information content (AvgIpc) is 3.66. The summed E-state index contributed by atoms with van der Waals surface area (Å²) in [5, 5.41) is 9.45. The smallest absolute Gasteiger partial charge is 0.164 e. The Bertz CT molecular complexity index is 3810. The van der Waals surface area contributed by atoms with E-state index < -0.39 is 0 Å². The van der Waals surface area contributed by atoms with Crippen LogP contribution < -0.4 is 0 Å². The van der Waals surface area contributed by atoms with Crippen LogP contribution in [0.4, 0.5) is 0 Å². The summed E-state index contributed by atoms with van der Waals surface area (Å²) in [5.41, 5.74) is 13.2. The standard InChI is InChI=1S/C60H39N3O/c1-2-13-37(14-3-1)41-20-12-21-45(32-41)58-61-59(46-26-25-38-15-4-5-17-40(38)33-46)63-60(62-58)47-35-53(57-54(36-47)50-23-10-11-24-55(50)64-57)49-29-28-44-31-42-18-6-7-19-43(42)34-52(44)56-48-22-9-8-16-39(48)27-30-51(49)56/h1-27,30-36,49H,28-29H2. The molecule has 0 radical (unpaired) electrons. The Kier molecular flexibility index (Phi) is 8.38. The number of fused-ring (bicyclic) bond motifs is 10. The summed E-state index contributed by atoms with van der Waals surface area (Å²) >= 11 is 0. The van der Waals surface area contributed by atoms with Crippen LogP contribution in [0, 0.1) is 0 Å². The zero-order chi connectivity index (χ0) is 42.1. The van der Waals surface area contributed by atoms with Crippen LogP contribution in [0.3, 0.4) is 0 Å². The largest absolute Gasteiger partial charge is 0.456 e. The summed E-state index contributed by atoms with van der Waals surface area (Å²) in [6, 6.07) is 73.9. The van der Waals surface area contributed by atoms with Crippen molar-refractivity contribution in [2.45, 2.75) is 18.8 Å². The third-order valence-corrected chi connectivity index (χ3v) is 13.3. The topological polar surface area (TPSA) is 51.8 Å². The third-order valence-electron chi connectivity index (χ3n) is 13.3. The summed E-state index contributed by atoms with van der Waals surface area (Å²) in [7, 11) is 0. The lowest BCUT2D eigenvalue weighted by Crippen LogP contribution is -2.05. The summed E-state index contributed by atoms with van der Waals surface area (Å²) in [6.07, 6.45) is 1.82. The average molecular weight is 818 g/mol. The lowest BCUT2D eigenvalue weighted by molar-refractivity contribution is 0.647. The highest BCUT2D eigenvalue weighted by molar-refractivity contribution is 6.08. The second-order valence-corrected chi connectivity index (χ2v) is 17.1. The fourth-order valence-corrected chi connectivity index (χ4v) is 10.2. The highest BCUT2D eigenvalue weighted by atomic mass is 16.3. The Morgan fingerprint density at radius 3 is 1.80 bits per heavy atom. The molecule has 0 amide bonds. The monoisotopic (exact) mass is 817 g/mol. The van der Waals surface area contributed by atoms with E-state index >= 15 is 0 Å². The SMILES string of the molecule is c1ccc(-c2cccc(-c3nc(-c4ccc5ccccc5c4)nc(-c4cc(C5CCc6cc7ccccc7cc6-c6c5ccc5ccccc65)c5oc6ccccc6c5c4)n3)c2)cc1. The van der Waals surface area contributed by atoms with Crippen LogP contribution in [0.2, 0.25) is 0 Å². The molecule has 1 atom stereocenters. The lowest BCUT2D eigenvalue weighted by Gasteiger charge is -2.21. The van der Waals surface area contributed by atoms with Crippen molar-refractivity contribution in [3.8, 4) is 56.4 Å². The van der Waals surface area contributed by atoms with Crippen molar-refractivity contribution in [1.29, 1.82) is 0 Å². The van der Waals surface area contributed by atoms with Crippen molar-refractivity contribution < 1.29 is 4.42 Å². The van der Waals surface area contributed by atoms with Crippen LogP contribution in [0.15, 0.2) is 211 Å². The molecule has 4 nitrogen and oxygen atoms in total. The van der Waals surface area contributed by atoms with Crippen molar-refractivity contribution in [1.82, 2.24) is 15.0 Å². The van der Waals surface area contributed by atoms with Gasteiger partial charge in [0.15, 0.2) is 17.5 Å². The zero-order valence-corrected chi connectivity index (χ0v) is 34.9. The number of hydrogen-bond acceptors (Lipinski definition) is 4. The van der Waals surface area contributed by atoms with E-state index in [0.29, 0.717) is 17.5 Å². The molecule has 0 saturated carbocycles. The molecule has 13 rings (SSSR count). The number of rotatable bonds is 5. The van der Waals surface area contributed by atoms with Gasteiger partial charge in [-0.05, 0) is 115 Å². The van der Waals surface area contributed by atoms with E-state index in [2.05, 4.69) is 200 Å². The van der Waals surface area contributed by atoms with Gasteiger partial charge < -0.3 is 4.42 Å². The fourth-order valence-electron chi connectivity index (χ4n) is 10.2. The maximum absolute atomic E-state index is 6.94. The van der Waals surface area contributed by atoms with Crippen molar-refractivity contribution in [3.05, 3.63) is 223 Å². The Morgan fingerprint density at radius 2 is 0.984 bits per heavy atom. The molecule has 2 aromatic heterocycles. The van der Waals surface area contributed by atoms with Gasteiger partial charge in [-0.2, -0.15) is 0 Å². The highest BCUT2D eigenvalue weighted by Gasteiger charge is 2.29. The van der Waals surface area contributed by atoms with E-state index in [1.807, 2.05) is 6.07 Å². The molecule has 1 aliphatic carbocycles. The Morgan fingerprint density at radius 1 is 0.375 bits per heavy atom. The van der Waals surface area contributed by atoms with E-state index in [0.717, 1.165) is 73.5 Å². The molecule has 0 saturated heterocycles. The van der Waals surface area contributed by atoms with Gasteiger partial charge in [-0.25, -0.2) is 15.0 Å². The van der Waals surface area contributed by atoms with Crippen molar-refractivity contribution in [3.63, 3.8) is 0 Å². The molecule has 2 heterocycles. The summed E-state index contributed by atoms with van der Waals surface area (Å²) < 4.78 is 6.94. The van der Waals surface area contributed by atoms with E-state index in [1.165, 1.54) is 49.2 Å². The first-order valence-electron chi connectivity index (χ1n) is 22.1. The minimum Gasteiger partial charge on any atom is -0.456 e. The first-order valence-corrected chi connectivity index (χ1v) is 22.1. The Hall–Kier alpha value is -8.21. The van der Waals surface area contributed by atoms with Gasteiger partial charge in [-0.15, -0.1) is 0 Å². The van der Waals surface area contributed by atoms with Gasteiger partial charge >= 0.3 is 0 Å². The highest BCUT2D eigenvalue weighted by Crippen LogP contribution is 2.49. The van der Waals surface area contributed by atoms with Crippen LogP contribution >= 0.6 is 0 Å². The molecule has 0 spiro atoms. The molecule has 0 fully saturated rings. The van der Waals surface area contributed by atoms with Crippen molar-refractivity contribution in [2.75, 3.05) is 0 Å². The summed E-state index contributed by atoms with van der Waals surface area (Å²) in [6.45, 7) is 0. The molecule has 4 heteroatoms. The second kappa shape index (κ2) is 14.7. The van der Waals surface area contributed by atoms with Crippen LogP contribution in [0.25, 0.3) is 111 Å². The lowest BCUT2D eigenvalue weighted by atomic mass is 9.82. The van der Waals surface area contributed by atoms with Gasteiger partial charge in [0.25, 0.3) is 0 Å². The zero-order valence-electron chi connectivity index (χ0n) is 34.9. The number of nitrogens with zero attached hydrogens (tertiary/aromatic N) is 3. The van der Waals surface area contributed by atoms with Crippen LogP contribution in [-0.2, 0) is 6.42 Å². The Balaban J connectivity index is 1.06. The predicted octanol–water partition coefficient (Wildman–Crippen LogP) is 15.6. The number of aromatic nitrogens is 3. The van der Waals surface area contributed by atoms with Crippen LogP contribution in [-0.4, -0.2) is 15.0 Å². The second-order valence-electron chi connectivity index (χ2n) is 17.1. The van der Waals surface area contributed by atoms with Crippen molar-refractivity contribution >= 4 is 54.3 Å². The maximum atomic E-state index is 6.94. The molecule has 300 valence electrons. The Labute approximate surface area is 370 Å². The van der Waals surface area contributed by atoms with Gasteiger partial charge in [0, 0.05) is 38.9 Å². The van der Waals surface area contributed by atoms with Crippen molar-refractivity contribution in [2.24, 2.45) is 0 Å². The van der Waals surface area contributed by atoms with Gasteiger partial charge in [0.2, 0.25) is 0 Å². The van der Waals surface area contributed by atoms with Gasteiger partial charge in [-0.3, -0.25) is 0 Å².